The number of rotatable bonds is 5. The van der Waals surface area contributed by atoms with E-state index in [0.29, 0.717) is 12.5 Å². The van der Waals surface area contributed by atoms with Crippen molar-refractivity contribution in [1.82, 2.24) is 4.90 Å². The summed E-state index contributed by atoms with van der Waals surface area (Å²) in [6.45, 7) is 4.94. The van der Waals surface area contributed by atoms with Crippen molar-refractivity contribution < 1.29 is 9.53 Å². The molecule has 0 unspecified atom stereocenters. The largest absolute Gasteiger partial charge is 0.381 e. The fraction of sp³-hybridized carbons (Fsp3) is 0.562. The van der Waals surface area contributed by atoms with Crippen molar-refractivity contribution in [3.8, 4) is 0 Å². The monoisotopic (exact) mass is 261 g/mol. The maximum atomic E-state index is 12.2. The van der Waals surface area contributed by atoms with Crippen LogP contribution in [0.25, 0.3) is 0 Å². The van der Waals surface area contributed by atoms with E-state index in [1.54, 1.807) is 7.11 Å². The third-order valence-corrected chi connectivity index (χ3v) is 3.97. The molecule has 3 heteroatoms. The standard InChI is InChI=1S/C16H23NO2/c1-13-5-3-4-6-15(13)16(18)9-12-17-10-7-14(19-2)8-11-17/h3-6,14H,7-12H2,1-2H3. The number of ketones is 1. The van der Waals surface area contributed by atoms with Gasteiger partial charge in [-0.15, -0.1) is 0 Å². The van der Waals surface area contributed by atoms with Gasteiger partial charge in [-0.1, -0.05) is 24.3 Å². The number of methoxy groups -OCH3 is 1. The Labute approximate surface area is 115 Å². The van der Waals surface area contributed by atoms with Crippen molar-refractivity contribution in [1.29, 1.82) is 0 Å². The van der Waals surface area contributed by atoms with E-state index in [9.17, 15) is 4.79 Å². The Morgan fingerprint density at radius 3 is 2.63 bits per heavy atom. The Morgan fingerprint density at radius 1 is 1.32 bits per heavy atom. The van der Waals surface area contributed by atoms with Crippen LogP contribution in [-0.4, -0.2) is 43.5 Å². The number of Topliss-reactive ketones (excluding diaryl/α,β-unsaturated/α-hetero) is 1. The van der Waals surface area contributed by atoms with Crippen LogP contribution in [0.5, 0.6) is 0 Å². The number of hydrogen-bond acceptors (Lipinski definition) is 3. The minimum absolute atomic E-state index is 0.256. The zero-order valence-corrected chi connectivity index (χ0v) is 11.9. The van der Waals surface area contributed by atoms with Crippen LogP contribution >= 0.6 is 0 Å². The summed E-state index contributed by atoms with van der Waals surface area (Å²) < 4.78 is 5.36. The van der Waals surface area contributed by atoms with Gasteiger partial charge in [0.05, 0.1) is 6.10 Å². The van der Waals surface area contributed by atoms with Crippen LogP contribution in [-0.2, 0) is 4.74 Å². The third-order valence-electron chi connectivity index (χ3n) is 3.97. The summed E-state index contributed by atoms with van der Waals surface area (Å²) in [5.41, 5.74) is 1.94. The minimum atomic E-state index is 0.256. The van der Waals surface area contributed by atoms with Gasteiger partial charge in [-0.3, -0.25) is 4.79 Å². The molecule has 1 aromatic carbocycles. The number of ether oxygens (including phenoxy) is 1. The molecule has 0 amide bonds. The molecule has 0 saturated carbocycles. The second-order valence-corrected chi connectivity index (χ2v) is 5.26. The van der Waals surface area contributed by atoms with Crippen LogP contribution < -0.4 is 0 Å². The van der Waals surface area contributed by atoms with E-state index in [2.05, 4.69) is 4.90 Å². The highest BCUT2D eigenvalue weighted by atomic mass is 16.5. The van der Waals surface area contributed by atoms with E-state index in [-0.39, 0.29) is 5.78 Å². The predicted octanol–water partition coefficient (Wildman–Crippen LogP) is 2.68. The van der Waals surface area contributed by atoms with E-state index in [1.807, 2.05) is 31.2 Å². The topological polar surface area (TPSA) is 29.5 Å². The second-order valence-electron chi connectivity index (χ2n) is 5.26. The van der Waals surface area contributed by atoms with Crippen molar-refractivity contribution in [2.24, 2.45) is 0 Å². The first-order valence-electron chi connectivity index (χ1n) is 7.04. The molecule has 1 aliphatic heterocycles. The molecule has 2 rings (SSSR count). The molecule has 0 aromatic heterocycles. The first-order chi connectivity index (χ1) is 9.20. The fourth-order valence-corrected chi connectivity index (χ4v) is 2.65. The normalized spacial score (nSPS) is 17.6. The van der Waals surface area contributed by atoms with Gasteiger partial charge in [0.2, 0.25) is 0 Å². The molecule has 19 heavy (non-hydrogen) atoms. The number of carbonyl (C=O) groups excluding carboxylic acids is 1. The average molecular weight is 261 g/mol. The summed E-state index contributed by atoms with van der Waals surface area (Å²) in [6.07, 6.45) is 3.18. The molecule has 0 atom stereocenters. The van der Waals surface area contributed by atoms with Crippen LogP contribution in [0.3, 0.4) is 0 Å². The van der Waals surface area contributed by atoms with Crippen molar-refractivity contribution in [3.05, 3.63) is 35.4 Å². The Morgan fingerprint density at radius 2 is 2.00 bits per heavy atom. The first kappa shape index (κ1) is 14.2. The van der Waals surface area contributed by atoms with E-state index in [1.165, 1.54) is 0 Å². The number of benzene rings is 1. The fourth-order valence-electron chi connectivity index (χ4n) is 2.65. The lowest BCUT2D eigenvalue weighted by Crippen LogP contribution is -2.37. The van der Waals surface area contributed by atoms with Gasteiger partial charge >= 0.3 is 0 Å². The number of likely N-dealkylation sites (tertiary alicyclic amines) is 1. The molecule has 3 nitrogen and oxygen atoms in total. The van der Waals surface area contributed by atoms with Crippen LogP contribution in [0.4, 0.5) is 0 Å². The molecular weight excluding hydrogens is 238 g/mol. The zero-order chi connectivity index (χ0) is 13.7. The highest BCUT2D eigenvalue weighted by Crippen LogP contribution is 2.15. The third kappa shape index (κ3) is 3.88. The summed E-state index contributed by atoms with van der Waals surface area (Å²) in [4.78, 5) is 14.5. The molecule has 104 valence electrons. The summed E-state index contributed by atoms with van der Waals surface area (Å²) in [7, 11) is 1.78. The highest BCUT2D eigenvalue weighted by Gasteiger charge is 2.19. The molecule has 1 aromatic rings. The van der Waals surface area contributed by atoms with Crippen molar-refractivity contribution in [2.45, 2.75) is 32.3 Å². The van der Waals surface area contributed by atoms with Crippen LogP contribution in [0.2, 0.25) is 0 Å². The molecule has 0 bridgehead atoms. The Bertz CT molecular complexity index is 423. The molecule has 0 N–H and O–H groups in total. The van der Waals surface area contributed by atoms with E-state index in [0.717, 1.165) is 43.6 Å². The SMILES string of the molecule is COC1CCN(CCC(=O)c2ccccc2C)CC1. The zero-order valence-electron chi connectivity index (χ0n) is 11.9. The van der Waals surface area contributed by atoms with Gasteiger partial charge in [-0.2, -0.15) is 0 Å². The second kappa shape index (κ2) is 6.83. The predicted molar refractivity (Wildman–Crippen MR) is 76.6 cm³/mol. The number of hydrogen-bond donors (Lipinski definition) is 0. The molecule has 0 spiro atoms. The van der Waals surface area contributed by atoms with Gasteiger partial charge in [0.25, 0.3) is 0 Å². The lowest BCUT2D eigenvalue weighted by Gasteiger charge is -2.30. The van der Waals surface area contributed by atoms with Gasteiger partial charge in [-0.05, 0) is 25.3 Å². The van der Waals surface area contributed by atoms with Crippen LogP contribution in [0.15, 0.2) is 24.3 Å². The number of carbonyl (C=O) groups is 1. The van der Waals surface area contributed by atoms with Crippen LogP contribution in [0, 0.1) is 6.92 Å². The summed E-state index contributed by atoms with van der Waals surface area (Å²) in [6, 6.07) is 7.83. The molecule has 1 fully saturated rings. The molecule has 1 heterocycles. The maximum absolute atomic E-state index is 12.2. The number of nitrogens with zero attached hydrogens (tertiary/aromatic N) is 1. The van der Waals surface area contributed by atoms with Gasteiger partial charge < -0.3 is 9.64 Å². The molecule has 0 radical (unpaired) electrons. The average Bonchev–Trinajstić information content (AvgIpc) is 2.46. The Hall–Kier alpha value is -1.19. The summed E-state index contributed by atoms with van der Waals surface area (Å²) >= 11 is 0. The van der Waals surface area contributed by atoms with Crippen molar-refractivity contribution >= 4 is 5.78 Å². The quantitative estimate of drug-likeness (QED) is 0.763. The van der Waals surface area contributed by atoms with Crippen molar-refractivity contribution in [2.75, 3.05) is 26.7 Å². The maximum Gasteiger partial charge on any atom is 0.164 e. The van der Waals surface area contributed by atoms with Crippen molar-refractivity contribution in [3.63, 3.8) is 0 Å². The van der Waals surface area contributed by atoms with E-state index < -0.39 is 0 Å². The molecule has 0 aliphatic carbocycles. The minimum Gasteiger partial charge on any atom is -0.381 e. The lowest BCUT2D eigenvalue weighted by molar-refractivity contribution is 0.0406. The summed E-state index contributed by atoms with van der Waals surface area (Å²) in [5, 5.41) is 0. The van der Waals surface area contributed by atoms with E-state index in [4.69, 9.17) is 4.74 Å². The molecular formula is C16H23NO2. The number of aryl methyl sites for hydroxylation is 1. The Kier molecular flexibility index (Phi) is 5.11. The van der Waals surface area contributed by atoms with Gasteiger partial charge in [-0.25, -0.2) is 0 Å². The molecule has 1 saturated heterocycles. The Balaban J connectivity index is 1.80. The van der Waals surface area contributed by atoms with Gasteiger partial charge in [0, 0.05) is 38.7 Å². The lowest BCUT2D eigenvalue weighted by atomic mass is 10.0. The van der Waals surface area contributed by atoms with E-state index >= 15 is 0 Å². The van der Waals surface area contributed by atoms with Gasteiger partial charge in [0.1, 0.15) is 0 Å². The van der Waals surface area contributed by atoms with Crippen LogP contribution in [0.1, 0.15) is 35.2 Å². The smallest absolute Gasteiger partial charge is 0.164 e. The first-order valence-corrected chi connectivity index (χ1v) is 7.04. The summed E-state index contributed by atoms with van der Waals surface area (Å²) in [5.74, 6) is 0.256. The number of piperidine rings is 1. The highest BCUT2D eigenvalue weighted by molar-refractivity contribution is 5.97. The van der Waals surface area contributed by atoms with Gasteiger partial charge in [0.15, 0.2) is 5.78 Å². The molecule has 1 aliphatic rings.